The van der Waals surface area contributed by atoms with Gasteiger partial charge in [-0.2, -0.15) is 5.26 Å². The van der Waals surface area contributed by atoms with Gasteiger partial charge in [-0.3, -0.25) is 0 Å². The van der Waals surface area contributed by atoms with Crippen molar-refractivity contribution in [2.75, 3.05) is 5.73 Å². The zero-order valence-electron chi connectivity index (χ0n) is 8.18. The van der Waals surface area contributed by atoms with Crippen LogP contribution in [0, 0.1) is 17.1 Å². The van der Waals surface area contributed by atoms with Crippen molar-refractivity contribution in [2.45, 2.75) is 0 Å². The summed E-state index contributed by atoms with van der Waals surface area (Å²) in [5.74, 6) is -0.184. The molecule has 0 radical (unpaired) electrons. The van der Waals surface area contributed by atoms with E-state index in [1.54, 1.807) is 12.1 Å². The van der Waals surface area contributed by atoms with Gasteiger partial charge in [0.05, 0.1) is 5.56 Å². The van der Waals surface area contributed by atoms with E-state index >= 15 is 0 Å². The zero-order valence-corrected chi connectivity index (χ0v) is 8.18. The summed E-state index contributed by atoms with van der Waals surface area (Å²) in [6.45, 7) is 0. The minimum Gasteiger partial charge on any atom is -0.384 e. The maximum Gasteiger partial charge on any atom is 0.165 e. The molecule has 0 saturated heterocycles. The Kier molecular flexibility index (Phi) is 2.48. The Morgan fingerprint density at radius 1 is 1.25 bits per heavy atom. The number of nitrogens with two attached hydrogens (primary N) is 1. The summed E-state index contributed by atoms with van der Waals surface area (Å²) >= 11 is 0. The van der Waals surface area contributed by atoms with Gasteiger partial charge >= 0.3 is 0 Å². The number of hydrogen-bond acceptors (Lipinski definition) is 4. The largest absolute Gasteiger partial charge is 0.384 e. The van der Waals surface area contributed by atoms with Crippen LogP contribution in [0.5, 0.6) is 0 Å². The number of benzene rings is 1. The van der Waals surface area contributed by atoms with Crippen LogP contribution in [0.3, 0.4) is 0 Å². The molecule has 0 aliphatic heterocycles. The Bertz CT molecular complexity index is 574. The summed E-state index contributed by atoms with van der Waals surface area (Å²) in [5, 5.41) is 8.71. The number of nitrogens with zero attached hydrogens (tertiary/aromatic N) is 3. The number of aromatic nitrogens is 2. The highest BCUT2D eigenvalue weighted by Gasteiger charge is 2.09. The fraction of sp³-hybridized carbons (Fsp3) is 0. The molecule has 0 unspecified atom stereocenters. The SMILES string of the molecule is N#Cc1cc(N)nc(-c2ccccc2F)n1. The summed E-state index contributed by atoms with van der Waals surface area (Å²) in [7, 11) is 0. The van der Waals surface area contributed by atoms with Gasteiger partial charge in [0.2, 0.25) is 0 Å². The summed E-state index contributed by atoms with van der Waals surface area (Å²) < 4.78 is 13.4. The molecule has 5 heteroatoms. The Labute approximate surface area is 91.2 Å². The fourth-order valence-corrected chi connectivity index (χ4v) is 1.29. The monoisotopic (exact) mass is 214 g/mol. The van der Waals surface area contributed by atoms with Crippen molar-refractivity contribution in [3.8, 4) is 17.5 Å². The van der Waals surface area contributed by atoms with Crippen molar-refractivity contribution in [3.05, 3.63) is 41.8 Å². The summed E-state index contributed by atoms with van der Waals surface area (Å²) in [6, 6.07) is 9.24. The average molecular weight is 214 g/mol. The maximum absolute atomic E-state index is 13.4. The summed E-state index contributed by atoms with van der Waals surface area (Å²) in [4.78, 5) is 7.78. The molecule has 0 spiro atoms. The molecule has 78 valence electrons. The van der Waals surface area contributed by atoms with E-state index in [0.29, 0.717) is 0 Å². The van der Waals surface area contributed by atoms with Gasteiger partial charge in [-0.05, 0) is 12.1 Å². The van der Waals surface area contributed by atoms with Gasteiger partial charge in [0.15, 0.2) is 5.82 Å². The molecule has 2 aromatic rings. The molecular weight excluding hydrogens is 207 g/mol. The molecule has 1 aromatic heterocycles. The first-order chi connectivity index (χ1) is 7.70. The molecule has 0 fully saturated rings. The van der Waals surface area contributed by atoms with Crippen molar-refractivity contribution < 1.29 is 4.39 Å². The van der Waals surface area contributed by atoms with Crippen molar-refractivity contribution in [3.63, 3.8) is 0 Å². The van der Waals surface area contributed by atoms with Crippen LogP contribution in [0.1, 0.15) is 5.69 Å². The number of nitriles is 1. The lowest BCUT2D eigenvalue weighted by molar-refractivity contribution is 0.630. The quantitative estimate of drug-likeness (QED) is 0.784. The molecule has 0 atom stereocenters. The third-order valence-corrected chi connectivity index (χ3v) is 1.98. The Morgan fingerprint density at radius 3 is 2.69 bits per heavy atom. The second-order valence-corrected chi connectivity index (χ2v) is 3.09. The molecule has 0 aliphatic rings. The van der Waals surface area contributed by atoms with Crippen LogP contribution in [0.2, 0.25) is 0 Å². The van der Waals surface area contributed by atoms with Crippen LogP contribution in [0.4, 0.5) is 10.2 Å². The van der Waals surface area contributed by atoms with Crippen LogP contribution in [0.15, 0.2) is 30.3 Å². The predicted octanol–water partition coefficient (Wildman–Crippen LogP) is 1.74. The number of nitrogen functional groups attached to an aromatic ring is 1. The van der Waals surface area contributed by atoms with Crippen LogP contribution in [-0.2, 0) is 0 Å². The summed E-state index contributed by atoms with van der Waals surface area (Å²) in [5.41, 5.74) is 5.84. The molecule has 2 N–H and O–H groups in total. The number of rotatable bonds is 1. The molecule has 16 heavy (non-hydrogen) atoms. The Balaban J connectivity index is 2.61. The van der Waals surface area contributed by atoms with Crippen molar-refractivity contribution >= 4 is 5.82 Å². The topological polar surface area (TPSA) is 75.6 Å². The van der Waals surface area contributed by atoms with E-state index in [1.165, 1.54) is 18.2 Å². The number of hydrogen-bond donors (Lipinski definition) is 1. The van der Waals surface area contributed by atoms with Gasteiger partial charge in [0, 0.05) is 6.07 Å². The molecule has 1 heterocycles. The van der Waals surface area contributed by atoms with Gasteiger partial charge < -0.3 is 5.73 Å². The van der Waals surface area contributed by atoms with E-state index in [0.717, 1.165) is 0 Å². The smallest absolute Gasteiger partial charge is 0.165 e. The third kappa shape index (κ3) is 1.81. The minimum atomic E-state index is -0.447. The maximum atomic E-state index is 13.4. The molecular formula is C11H7FN4. The fourth-order valence-electron chi connectivity index (χ4n) is 1.29. The zero-order chi connectivity index (χ0) is 11.5. The second kappa shape index (κ2) is 3.95. The highest BCUT2D eigenvalue weighted by atomic mass is 19.1. The van der Waals surface area contributed by atoms with Crippen LogP contribution in [0.25, 0.3) is 11.4 Å². The Morgan fingerprint density at radius 2 is 2.00 bits per heavy atom. The number of anilines is 1. The first-order valence-electron chi connectivity index (χ1n) is 4.50. The number of halogens is 1. The van der Waals surface area contributed by atoms with Crippen LogP contribution >= 0.6 is 0 Å². The minimum absolute atomic E-state index is 0.116. The van der Waals surface area contributed by atoms with Crippen LogP contribution in [-0.4, -0.2) is 9.97 Å². The van der Waals surface area contributed by atoms with Gasteiger partial charge in [0.1, 0.15) is 23.4 Å². The predicted molar refractivity (Wildman–Crippen MR) is 56.6 cm³/mol. The molecule has 2 rings (SSSR count). The van der Waals surface area contributed by atoms with Gasteiger partial charge in [-0.15, -0.1) is 0 Å². The standard InChI is InChI=1S/C11H7FN4/c12-9-4-2-1-3-8(9)11-15-7(6-13)5-10(14)16-11/h1-5H,(H2,14,15,16). The van der Waals surface area contributed by atoms with Crippen molar-refractivity contribution in [1.82, 2.24) is 9.97 Å². The summed E-state index contributed by atoms with van der Waals surface area (Å²) in [6.07, 6.45) is 0. The molecule has 1 aromatic carbocycles. The molecule has 4 nitrogen and oxygen atoms in total. The molecule has 0 bridgehead atoms. The Hall–Kier alpha value is -2.48. The van der Waals surface area contributed by atoms with Crippen molar-refractivity contribution in [1.29, 1.82) is 5.26 Å². The lowest BCUT2D eigenvalue weighted by Crippen LogP contribution is -1.99. The average Bonchev–Trinajstić information content (AvgIpc) is 2.28. The lowest BCUT2D eigenvalue weighted by Gasteiger charge is -2.02. The highest BCUT2D eigenvalue weighted by molar-refractivity contribution is 5.58. The van der Waals surface area contributed by atoms with Crippen LogP contribution < -0.4 is 5.73 Å². The molecule has 0 aliphatic carbocycles. The first-order valence-corrected chi connectivity index (χ1v) is 4.50. The molecule has 0 saturated carbocycles. The van der Waals surface area contributed by atoms with Gasteiger partial charge in [-0.25, -0.2) is 14.4 Å². The van der Waals surface area contributed by atoms with Gasteiger partial charge in [0.25, 0.3) is 0 Å². The van der Waals surface area contributed by atoms with E-state index in [2.05, 4.69) is 9.97 Å². The third-order valence-electron chi connectivity index (χ3n) is 1.98. The van der Waals surface area contributed by atoms with E-state index in [9.17, 15) is 4.39 Å². The lowest BCUT2D eigenvalue weighted by atomic mass is 10.2. The van der Waals surface area contributed by atoms with E-state index in [-0.39, 0.29) is 22.9 Å². The van der Waals surface area contributed by atoms with E-state index < -0.39 is 5.82 Å². The second-order valence-electron chi connectivity index (χ2n) is 3.09. The first kappa shape index (κ1) is 10.1. The van der Waals surface area contributed by atoms with E-state index in [1.807, 2.05) is 6.07 Å². The van der Waals surface area contributed by atoms with Gasteiger partial charge in [-0.1, -0.05) is 12.1 Å². The van der Waals surface area contributed by atoms with E-state index in [4.69, 9.17) is 11.0 Å². The normalized spacial score (nSPS) is 9.75. The highest BCUT2D eigenvalue weighted by Crippen LogP contribution is 2.19. The molecule has 0 amide bonds. The van der Waals surface area contributed by atoms with Crippen molar-refractivity contribution in [2.24, 2.45) is 0 Å².